The van der Waals surface area contributed by atoms with Crippen LogP contribution in [0.15, 0.2) is 24.3 Å². The highest BCUT2D eigenvalue weighted by molar-refractivity contribution is 7.81. The van der Waals surface area contributed by atoms with Crippen molar-refractivity contribution in [3.05, 3.63) is 47.2 Å². The maximum Gasteiger partial charge on any atom is 0.497 e. The van der Waals surface area contributed by atoms with Crippen molar-refractivity contribution < 1.29 is 30.3 Å². The molecular formula is C18H21F5N2O2S. The molecule has 0 N–H and O–H groups in total. The summed E-state index contributed by atoms with van der Waals surface area (Å²) in [5.74, 6) is -1.68. The van der Waals surface area contributed by atoms with E-state index >= 15 is 0 Å². The minimum absolute atomic E-state index is 0.0144. The van der Waals surface area contributed by atoms with E-state index in [4.69, 9.17) is 0 Å². The molecule has 156 valence electrons. The van der Waals surface area contributed by atoms with Crippen LogP contribution in [0.5, 0.6) is 0 Å². The Kier molecular flexibility index (Phi) is 9.09. The topological polar surface area (TPSA) is 52.1 Å². The van der Waals surface area contributed by atoms with Gasteiger partial charge in [-0.2, -0.15) is 18.3 Å². The first-order valence-electron chi connectivity index (χ1n) is 8.53. The maximum absolute atomic E-state index is 13.8. The molecule has 4 nitrogen and oxygen atoms in total. The Bertz CT molecular complexity index is 795. The molecule has 0 aliphatic carbocycles. The van der Waals surface area contributed by atoms with E-state index in [1.165, 1.54) is 25.5 Å². The summed E-state index contributed by atoms with van der Waals surface area (Å²) < 4.78 is 80.2. The predicted octanol–water partition coefficient (Wildman–Crippen LogP) is 5.66. The fourth-order valence-corrected chi connectivity index (χ4v) is 2.62. The number of halogens is 5. The molecule has 10 heteroatoms. The Morgan fingerprint density at radius 1 is 1.11 bits per heavy atom. The summed E-state index contributed by atoms with van der Waals surface area (Å²) >= 11 is -3.51. The third kappa shape index (κ3) is 6.30. The van der Waals surface area contributed by atoms with Crippen molar-refractivity contribution in [3.63, 3.8) is 0 Å². The number of rotatable bonds is 5. The molecule has 0 saturated heterocycles. The lowest BCUT2D eigenvalue weighted by atomic mass is 10.0. The number of benzene rings is 1. The molecule has 1 aromatic carbocycles. The molecule has 2 rings (SSSR count). The lowest BCUT2D eigenvalue weighted by Gasteiger charge is -2.16. The fraction of sp³-hybridized carbons (Fsp3) is 0.444. The number of alkyl halides is 3. The second kappa shape index (κ2) is 10.6. The van der Waals surface area contributed by atoms with Gasteiger partial charge in [-0.15, -0.1) is 5.10 Å². The first-order valence-corrected chi connectivity index (χ1v) is 9.60. The van der Waals surface area contributed by atoms with Gasteiger partial charge < -0.3 is 0 Å². The Balaban J connectivity index is 0.00000122. The van der Waals surface area contributed by atoms with Gasteiger partial charge in [0.2, 0.25) is 0 Å². The average Bonchev–Trinajstić information content (AvgIpc) is 2.61. The first-order chi connectivity index (χ1) is 13.1. The summed E-state index contributed by atoms with van der Waals surface area (Å²) in [4.78, 5) is 0. The van der Waals surface area contributed by atoms with E-state index in [9.17, 15) is 26.2 Å². The second-order valence-electron chi connectivity index (χ2n) is 5.72. The van der Waals surface area contributed by atoms with Gasteiger partial charge in [-0.25, -0.2) is 13.0 Å². The maximum atomic E-state index is 13.8. The van der Waals surface area contributed by atoms with Crippen molar-refractivity contribution in [1.82, 2.24) is 10.2 Å². The van der Waals surface area contributed by atoms with Crippen LogP contribution in [0.25, 0.3) is 11.3 Å². The van der Waals surface area contributed by atoms with E-state index in [2.05, 4.69) is 28.2 Å². The third-order valence-corrected chi connectivity index (χ3v) is 4.15. The monoisotopic (exact) mass is 424 g/mol. The van der Waals surface area contributed by atoms with Gasteiger partial charge in [-0.3, -0.25) is 4.18 Å². The van der Waals surface area contributed by atoms with Crippen LogP contribution in [0.2, 0.25) is 0 Å². The number of aryl methyl sites for hydroxylation is 1. The van der Waals surface area contributed by atoms with Crippen LogP contribution in [0.3, 0.4) is 0 Å². The lowest BCUT2D eigenvalue weighted by molar-refractivity contribution is -0.0496. The summed E-state index contributed by atoms with van der Waals surface area (Å²) in [7, 11) is 0. The number of hydrogen-bond acceptors (Lipinski definition) is 4. The minimum atomic E-state index is -5.02. The summed E-state index contributed by atoms with van der Waals surface area (Å²) in [6.45, 7) is 7.16. The second-order valence-corrected chi connectivity index (χ2v) is 6.84. The highest BCUT2D eigenvalue weighted by Crippen LogP contribution is 2.30. The predicted molar refractivity (Wildman–Crippen MR) is 96.4 cm³/mol. The Morgan fingerprint density at radius 3 is 2.11 bits per heavy atom. The van der Waals surface area contributed by atoms with Gasteiger partial charge in [0.15, 0.2) is 0 Å². The van der Waals surface area contributed by atoms with Crippen LogP contribution in [-0.4, -0.2) is 19.9 Å². The van der Waals surface area contributed by atoms with Crippen LogP contribution in [0.4, 0.5) is 22.0 Å². The average molecular weight is 424 g/mol. The van der Waals surface area contributed by atoms with E-state index in [-0.39, 0.29) is 17.0 Å². The van der Waals surface area contributed by atoms with E-state index in [1.807, 2.05) is 0 Å². The van der Waals surface area contributed by atoms with Crippen molar-refractivity contribution in [2.75, 3.05) is 0 Å². The van der Waals surface area contributed by atoms with Crippen molar-refractivity contribution in [1.29, 1.82) is 0 Å². The van der Waals surface area contributed by atoms with Gasteiger partial charge in [-0.05, 0) is 37.1 Å². The molecule has 2 aromatic rings. The number of hydrogen-bond donors (Lipinski definition) is 0. The van der Waals surface area contributed by atoms with Crippen molar-refractivity contribution in [2.45, 2.75) is 52.1 Å². The van der Waals surface area contributed by atoms with E-state index in [0.29, 0.717) is 12.0 Å². The van der Waals surface area contributed by atoms with Crippen LogP contribution in [0.1, 0.15) is 51.5 Å². The van der Waals surface area contributed by atoms with Crippen LogP contribution >= 0.6 is 0 Å². The van der Waals surface area contributed by atoms with Crippen molar-refractivity contribution in [2.24, 2.45) is 0 Å². The van der Waals surface area contributed by atoms with Gasteiger partial charge >= 0.3 is 5.51 Å². The van der Waals surface area contributed by atoms with E-state index < -0.39 is 34.3 Å². The smallest absolute Gasteiger partial charge is 0.274 e. The fourth-order valence-electron chi connectivity index (χ4n) is 2.16. The van der Waals surface area contributed by atoms with Crippen LogP contribution in [-0.2, 0) is 21.7 Å². The molecule has 0 amide bonds. The van der Waals surface area contributed by atoms with Crippen LogP contribution in [0, 0.1) is 11.6 Å². The summed E-state index contributed by atoms with van der Waals surface area (Å²) in [5, 5.41) is 7.41. The van der Waals surface area contributed by atoms with Gasteiger partial charge in [0, 0.05) is 0 Å². The normalized spacial score (nSPS) is 13.5. The highest BCUT2D eigenvalue weighted by atomic mass is 32.2. The van der Waals surface area contributed by atoms with Crippen molar-refractivity contribution >= 4 is 11.1 Å². The molecule has 0 spiro atoms. The zero-order valence-electron chi connectivity index (χ0n) is 15.8. The van der Waals surface area contributed by atoms with Gasteiger partial charge in [-0.1, -0.05) is 33.3 Å². The van der Waals surface area contributed by atoms with Gasteiger partial charge in [0.25, 0.3) is 11.1 Å². The Hall–Kier alpha value is -1.94. The molecule has 0 aliphatic heterocycles. The summed E-state index contributed by atoms with van der Waals surface area (Å²) in [6, 6.07) is 4.62. The van der Waals surface area contributed by atoms with Gasteiger partial charge in [0.1, 0.15) is 17.7 Å². The number of aromatic nitrogens is 2. The van der Waals surface area contributed by atoms with Gasteiger partial charge in [0.05, 0.1) is 17.0 Å². The third-order valence-electron chi connectivity index (χ3n) is 3.31. The molecule has 28 heavy (non-hydrogen) atoms. The zero-order valence-corrected chi connectivity index (χ0v) is 16.6. The summed E-state index contributed by atoms with van der Waals surface area (Å²) in [6.07, 6.45) is 0.268. The molecular weight excluding hydrogens is 403 g/mol. The Morgan fingerprint density at radius 2 is 1.64 bits per heavy atom. The van der Waals surface area contributed by atoms with E-state index in [0.717, 1.165) is 12.1 Å². The zero-order chi connectivity index (χ0) is 21.5. The Labute approximate surface area is 162 Å². The van der Waals surface area contributed by atoms with Crippen LogP contribution < -0.4 is 0 Å². The molecule has 0 bridgehead atoms. The molecule has 0 aliphatic rings. The SMILES string of the molecule is CCC.CCc1cc(-c2c(F)cccc2F)nnc1C(C)OS(=O)C(F)(F)F. The minimum Gasteiger partial charge on any atom is -0.274 e. The number of nitrogens with zero attached hydrogens (tertiary/aromatic N) is 2. The lowest BCUT2D eigenvalue weighted by Crippen LogP contribution is -2.21. The summed E-state index contributed by atoms with van der Waals surface area (Å²) in [5.41, 5.74) is -5.12. The first kappa shape index (κ1) is 24.1. The van der Waals surface area contributed by atoms with E-state index in [1.54, 1.807) is 6.92 Å². The molecule has 1 heterocycles. The molecule has 1 aromatic heterocycles. The molecule has 2 atom stereocenters. The highest BCUT2D eigenvalue weighted by Gasteiger charge is 2.40. The molecule has 0 fully saturated rings. The standard InChI is InChI=1S/C15H13F5N2O2S.C3H8/c1-3-9-7-12(13-10(16)5-4-6-11(13)17)21-22-14(9)8(2)24-25(23)15(18,19)20;1-3-2/h4-8H,3H2,1-2H3;3H2,1-2H3. The molecule has 2 unspecified atom stereocenters. The molecule has 0 radical (unpaired) electrons. The molecule has 0 saturated carbocycles. The largest absolute Gasteiger partial charge is 0.497 e. The van der Waals surface area contributed by atoms with Crippen molar-refractivity contribution in [3.8, 4) is 11.3 Å². The quantitative estimate of drug-likeness (QED) is 0.581.